The predicted molar refractivity (Wildman–Crippen MR) is 100 cm³/mol. The second kappa shape index (κ2) is 11.2. The number of rotatable bonds is 11. The third-order valence-electron chi connectivity index (χ3n) is 3.91. The molecular formula is C20H28N2O4. The summed E-state index contributed by atoms with van der Waals surface area (Å²) in [6.45, 7) is 6.06. The van der Waals surface area contributed by atoms with Gasteiger partial charge in [0.2, 0.25) is 0 Å². The molecule has 0 aliphatic carbocycles. The van der Waals surface area contributed by atoms with Crippen LogP contribution in [0.4, 0.5) is 0 Å². The lowest BCUT2D eigenvalue weighted by Crippen LogP contribution is -2.27. The lowest BCUT2D eigenvalue weighted by Gasteiger charge is -2.08. The Hall–Kier alpha value is -2.50. The number of carbonyl (C=O) groups is 4. The van der Waals surface area contributed by atoms with Gasteiger partial charge in [0.25, 0.3) is 11.8 Å². The first kappa shape index (κ1) is 21.5. The van der Waals surface area contributed by atoms with Gasteiger partial charge in [-0.15, -0.1) is 0 Å². The Kier molecular flexibility index (Phi) is 9.26. The van der Waals surface area contributed by atoms with E-state index in [1.54, 1.807) is 18.2 Å². The Morgan fingerprint density at radius 1 is 0.885 bits per heavy atom. The molecule has 0 spiro atoms. The van der Waals surface area contributed by atoms with Crippen LogP contribution in [0, 0.1) is 5.92 Å². The van der Waals surface area contributed by atoms with Gasteiger partial charge in [0, 0.05) is 43.0 Å². The molecular weight excluding hydrogens is 332 g/mol. The van der Waals surface area contributed by atoms with Gasteiger partial charge in [-0.3, -0.25) is 14.4 Å². The molecule has 0 aliphatic rings. The minimum atomic E-state index is -0.272. The van der Waals surface area contributed by atoms with Gasteiger partial charge in [0.15, 0.2) is 0 Å². The summed E-state index contributed by atoms with van der Waals surface area (Å²) in [5.74, 6) is -0.258. The molecule has 0 saturated carbocycles. The normalized spacial score (nSPS) is 10.5. The number of Topliss-reactive ketones (excluding diaryl/α,β-unsaturated/α-hetero) is 2. The molecule has 2 amide bonds. The van der Waals surface area contributed by atoms with Gasteiger partial charge in [-0.2, -0.15) is 0 Å². The van der Waals surface area contributed by atoms with Gasteiger partial charge in [-0.1, -0.05) is 19.9 Å². The number of hydrogen-bond donors (Lipinski definition) is 2. The monoisotopic (exact) mass is 360 g/mol. The fourth-order valence-electron chi connectivity index (χ4n) is 2.30. The van der Waals surface area contributed by atoms with E-state index in [2.05, 4.69) is 10.6 Å². The molecule has 6 nitrogen and oxygen atoms in total. The quantitative estimate of drug-likeness (QED) is 0.593. The zero-order chi connectivity index (χ0) is 19.5. The highest BCUT2D eigenvalue weighted by molar-refractivity contribution is 5.99. The molecule has 2 N–H and O–H groups in total. The van der Waals surface area contributed by atoms with Crippen LogP contribution >= 0.6 is 0 Å². The van der Waals surface area contributed by atoms with Crippen LogP contribution in [0.3, 0.4) is 0 Å². The summed E-state index contributed by atoms with van der Waals surface area (Å²) in [7, 11) is 0. The fourth-order valence-corrected chi connectivity index (χ4v) is 2.30. The highest BCUT2D eigenvalue weighted by atomic mass is 16.2. The molecule has 0 aliphatic heterocycles. The van der Waals surface area contributed by atoms with Crippen molar-refractivity contribution >= 4 is 23.4 Å². The van der Waals surface area contributed by atoms with Gasteiger partial charge in [-0.05, 0) is 38.0 Å². The van der Waals surface area contributed by atoms with Crippen molar-refractivity contribution in [1.82, 2.24) is 10.6 Å². The van der Waals surface area contributed by atoms with Gasteiger partial charge in [-0.25, -0.2) is 0 Å². The van der Waals surface area contributed by atoms with Gasteiger partial charge in [0.1, 0.15) is 11.6 Å². The standard InChI is InChI=1S/C20H28N2O4/c1-14(2)18(24)10-6-12-22-20(26)17-9-4-8-16(13-17)19(25)21-11-5-7-15(3)23/h4,8-9,13-14H,5-7,10-12H2,1-3H3,(H,21,25)(H,22,26). The van der Waals surface area contributed by atoms with Crippen LogP contribution in [0.2, 0.25) is 0 Å². The van der Waals surface area contributed by atoms with Crippen molar-refractivity contribution in [2.75, 3.05) is 13.1 Å². The number of benzene rings is 1. The molecule has 0 atom stereocenters. The Morgan fingerprint density at radius 3 is 1.85 bits per heavy atom. The Morgan fingerprint density at radius 2 is 1.38 bits per heavy atom. The molecule has 0 heterocycles. The second-order valence-electron chi connectivity index (χ2n) is 6.62. The summed E-state index contributed by atoms with van der Waals surface area (Å²) >= 11 is 0. The van der Waals surface area contributed by atoms with Crippen molar-refractivity contribution in [2.45, 2.75) is 46.5 Å². The third-order valence-corrected chi connectivity index (χ3v) is 3.91. The summed E-state index contributed by atoms with van der Waals surface area (Å²) in [6.07, 6.45) is 2.07. The van der Waals surface area contributed by atoms with E-state index < -0.39 is 0 Å². The van der Waals surface area contributed by atoms with Crippen molar-refractivity contribution in [3.05, 3.63) is 35.4 Å². The van der Waals surface area contributed by atoms with Crippen molar-refractivity contribution in [3.63, 3.8) is 0 Å². The molecule has 1 rings (SSSR count). The van der Waals surface area contributed by atoms with Crippen LogP contribution in [-0.2, 0) is 9.59 Å². The van der Waals surface area contributed by atoms with E-state index in [0.29, 0.717) is 49.9 Å². The number of nitrogens with one attached hydrogen (secondary N) is 2. The van der Waals surface area contributed by atoms with Crippen molar-refractivity contribution < 1.29 is 19.2 Å². The number of ketones is 2. The van der Waals surface area contributed by atoms with Crippen molar-refractivity contribution in [3.8, 4) is 0 Å². The summed E-state index contributed by atoms with van der Waals surface area (Å²) in [4.78, 5) is 46.7. The van der Waals surface area contributed by atoms with Crippen molar-refractivity contribution in [1.29, 1.82) is 0 Å². The number of carbonyl (C=O) groups excluding carboxylic acids is 4. The first-order valence-corrected chi connectivity index (χ1v) is 9.00. The largest absolute Gasteiger partial charge is 0.352 e. The van der Waals surface area contributed by atoms with Crippen LogP contribution in [0.25, 0.3) is 0 Å². The first-order valence-electron chi connectivity index (χ1n) is 9.00. The molecule has 0 saturated heterocycles. The maximum absolute atomic E-state index is 12.2. The minimum absolute atomic E-state index is 0.0105. The van der Waals surface area contributed by atoms with Crippen LogP contribution in [0.5, 0.6) is 0 Å². The number of amides is 2. The van der Waals surface area contributed by atoms with E-state index in [-0.39, 0.29) is 29.3 Å². The van der Waals surface area contributed by atoms with Gasteiger partial charge in [0.05, 0.1) is 0 Å². The number of hydrogen-bond acceptors (Lipinski definition) is 4. The lowest BCUT2D eigenvalue weighted by atomic mass is 10.0. The smallest absolute Gasteiger partial charge is 0.251 e. The van der Waals surface area contributed by atoms with Crippen LogP contribution in [-0.4, -0.2) is 36.5 Å². The molecule has 0 unspecified atom stereocenters. The zero-order valence-corrected chi connectivity index (χ0v) is 15.8. The maximum Gasteiger partial charge on any atom is 0.251 e. The average molecular weight is 360 g/mol. The van der Waals surface area contributed by atoms with E-state index in [1.807, 2.05) is 13.8 Å². The topological polar surface area (TPSA) is 92.3 Å². The van der Waals surface area contributed by atoms with E-state index in [4.69, 9.17) is 0 Å². The predicted octanol–water partition coefficient (Wildman–Crippen LogP) is 2.52. The molecule has 1 aromatic carbocycles. The van der Waals surface area contributed by atoms with Crippen LogP contribution in [0.15, 0.2) is 24.3 Å². The lowest BCUT2D eigenvalue weighted by molar-refractivity contribution is -0.122. The highest BCUT2D eigenvalue weighted by Gasteiger charge is 2.11. The summed E-state index contributed by atoms with van der Waals surface area (Å²) < 4.78 is 0. The SMILES string of the molecule is CC(=O)CCCNC(=O)c1cccc(C(=O)NCCCC(=O)C(C)C)c1. The second-order valence-corrected chi connectivity index (χ2v) is 6.62. The zero-order valence-electron chi connectivity index (χ0n) is 15.8. The molecule has 0 radical (unpaired) electrons. The fraction of sp³-hybridized carbons (Fsp3) is 0.500. The van der Waals surface area contributed by atoms with E-state index >= 15 is 0 Å². The van der Waals surface area contributed by atoms with Crippen LogP contribution < -0.4 is 10.6 Å². The van der Waals surface area contributed by atoms with Crippen molar-refractivity contribution in [2.24, 2.45) is 5.92 Å². The molecule has 6 heteroatoms. The molecule has 0 bridgehead atoms. The van der Waals surface area contributed by atoms with E-state index in [9.17, 15) is 19.2 Å². The van der Waals surface area contributed by atoms with E-state index in [0.717, 1.165) is 0 Å². The van der Waals surface area contributed by atoms with Gasteiger partial charge < -0.3 is 15.4 Å². The first-order chi connectivity index (χ1) is 12.3. The third kappa shape index (κ3) is 8.05. The summed E-state index contributed by atoms with van der Waals surface area (Å²) in [5, 5.41) is 5.50. The highest BCUT2D eigenvalue weighted by Crippen LogP contribution is 2.06. The molecule has 1 aromatic rings. The van der Waals surface area contributed by atoms with Gasteiger partial charge >= 0.3 is 0 Å². The minimum Gasteiger partial charge on any atom is -0.352 e. The van der Waals surface area contributed by atoms with Crippen LogP contribution in [0.1, 0.15) is 67.2 Å². The van der Waals surface area contributed by atoms with E-state index in [1.165, 1.54) is 13.0 Å². The molecule has 0 fully saturated rings. The summed E-state index contributed by atoms with van der Waals surface area (Å²) in [6, 6.07) is 6.47. The molecule has 26 heavy (non-hydrogen) atoms. The Bertz CT molecular complexity index is 653. The molecule has 142 valence electrons. The average Bonchev–Trinajstić information content (AvgIpc) is 2.61. The Labute approximate surface area is 154 Å². The summed E-state index contributed by atoms with van der Waals surface area (Å²) in [5.41, 5.74) is 0.798. The Balaban J connectivity index is 2.46. The maximum atomic E-state index is 12.2. The molecule has 0 aromatic heterocycles.